The van der Waals surface area contributed by atoms with Crippen LogP contribution in [0.3, 0.4) is 0 Å². The Hall–Kier alpha value is -3.48. The van der Waals surface area contributed by atoms with Crippen molar-refractivity contribution >= 4 is 22.7 Å². The molecule has 160 valence electrons. The monoisotopic (exact) mass is 420 g/mol. The lowest BCUT2D eigenvalue weighted by Crippen LogP contribution is -2.25. The lowest BCUT2D eigenvalue weighted by atomic mass is 10.1. The summed E-state index contributed by atoms with van der Waals surface area (Å²) in [6, 6.07) is 14.1. The van der Waals surface area contributed by atoms with Crippen molar-refractivity contribution in [2.24, 2.45) is 0 Å². The fourth-order valence-corrected chi connectivity index (χ4v) is 3.50. The molecule has 1 heterocycles. The van der Waals surface area contributed by atoms with Gasteiger partial charge in [0.1, 0.15) is 11.6 Å². The maximum atomic E-state index is 12.9. The largest absolute Gasteiger partial charge is 0.494 e. The smallest absolute Gasteiger partial charge is 0.306 e. The van der Waals surface area contributed by atoms with Crippen molar-refractivity contribution in [2.45, 2.75) is 38.6 Å². The zero-order valence-corrected chi connectivity index (χ0v) is 17.4. The Morgan fingerprint density at radius 2 is 1.84 bits per heavy atom. The number of ether oxygens (including phenoxy) is 2. The highest BCUT2D eigenvalue weighted by Gasteiger charge is 2.28. The first kappa shape index (κ1) is 20.8. The zero-order valence-electron chi connectivity index (χ0n) is 17.4. The topological polar surface area (TPSA) is 87.5 Å². The quantitative estimate of drug-likeness (QED) is 0.389. The van der Waals surface area contributed by atoms with Crippen molar-refractivity contribution in [1.29, 1.82) is 0 Å². The van der Waals surface area contributed by atoms with E-state index in [0.29, 0.717) is 34.6 Å². The summed E-state index contributed by atoms with van der Waals surface area (Å²) >= 11 is 0. The first-order valence-electron chi connectivity index (χ1n) is 10.5. The number of ketones is 1. The molecule has 1 saturated carbocycles. The Balaban J connectivity index is 1.38. The summed E-state index contributed by atoms with van der Waals surface area (Å²) in [6.07, 6.45) is 2.21. The van der Waals surface area contributed by atoms with Crippen LogP contribution in [0.4, 0.5) is 0 Å². The number of nitrogens with zero attached hydrogens (tertiary/aromatic N) is 2. The molecular weight excluding hydrogens is 396 g/mol. The number of fused-ring (bicyclic) bond motifs is 1. The molecule has 0 atom stereocenters. The third kappa shape index (κ3) is 4.82. The second-order valence-corrected chi connectivity index (χ2v) is 7.49. The summed E-state index contributed by atoms with van der Waals surface area (Å²) in [6.45, 7) is 2.11. The first-order chi connectivity index (χ1) is 15.1. The molecule has 0 N–H and O–H groups in total. The molecule has 1 fully saturated rings. The maximum absolute atomic E-state index is 12.9. The molecule has 0 aliphatic heterocycles. The molecule has 7 heteroatoms. The molecule has 0 radical (unpaired) electrons. The van der Waals surface area contributed by atoms with Gasteiger partial charge in [0, 0.05) is 18.0 Å². The van der Waals surface area contributed by atoms with Crippen LogP contribution in [0.1, 0.15) is 48.4 Å². The Morgan fingerprint density at radius 1 is 1.10 bits per heavy atom. The summed E-state index contributed by atoms with van der Waals surface area (Å²) < 4.78 is 12.2. The van der Waals surface area contributed by atoms with Gasteiger partial charge in [-0.15, -0.1) is 0 Å². The molecule has 31 heavy (non-hydrogen) atoms. The molecule has 7 nitrogen and oxygen atoms in total. The van der Waals surface area contributed by atoms with E-state index >= 15 is 0 Å². The summed E-state index contributed by atoms with van der Waals surface area (Å²) in [5.41, 5.74) is 1.01. The van der Waals surface area contributed by atoms with E-state index in [1.165, 1.54) is 0 Å². The Labute approximate surface area is 179 Å². The maximum Gasteiger partial charge on any atom is 0.306 e. The van der Waals surface area contributed by atoms with Crippen LogP contribution in [0.25, 0.3) is 10.9 Å². The second-order valence-electron chi connectivity index (χ2n) is 7.49. The van der Waals surface area contributed by atoms with Crippen molar-refractivity contribution < 1.29 is 19.1 Å². The van der Waals surface area contributed by atoms with Gasteiger partial charge in [-0.1, -0.05) is 12.1 Å². The fourth-order valence-electron chi connectivity index (χ4n) is 3.50. The number of Topliss-reactive ketones (excluding diaryl/α,β-unsaturated/α-hetero) is 1. The van der Waals surface area contributed by atoms with E-state index in [1.807, 2.05) is 19.1 Å². The lowest BCUT2D eigenvalue weighted by Gasteiger charge is -2.12. The Bertz CT molecular complexity index is 1160. The molecule has 0 spiro atoms. The number of aryl methyl sites for hydroxylation is 1. The van der Waals surface area contributed by atoms with Gasteiger partial charge in [0.2, 0.25) is 0 Å². The predicted octanol–water partition coefficient (Wildman–Crippen LogP) is 3.49. The van der Waals surface area contributed by atoms with Crippen molar-refractivity contribution in [3.05, 3.63) is 70.3 Å². The van der Waals surface area contributed by atoms with E-state index in [9.17, 15) is 14.4 Å². The highest BCUT2D eigenvalue weighted by molar-refractivity contribution is 5.98. The van der Waals surface area contributed by atoms with E-state index in [4.69, 9.17) is 9.47 Å². The van der Waals surface area contributed by atoms with Gasteiger partial charge in [0.25, 0.3) is 5.56 Å². The fraction of sp³-hybridized carbons (Fsp3) is 0.333. The number of carbonyl (C=O) groups is 2. The van der Waals surface area contributed by atoms with Crippen molar-refractivity contribution in [2.75, 3.05) is 13.2 Å². The molecule has 1 aromatic heterocycles. The molecule has 0 amide bonds. The number of hydrogen-bond donors (Lipinski definition) is 0. The van der Waals surface area contributed by atoms with E-state index in [1.54, 1.807) is 41.0 Å². The second kappa shape index (κ2) is 9.12. The van der Waals surface area contributed by atoms with Crippen LogP contribution in [-0.2, 0) is 16.0 Å². The van der Waals surface area contributed by atoms with Gasteiger partial charge < -0.3 is 9.47 Å². The summed E-state index contributed by atoms with van der Waals surface area (Å²) in [4.78, 5) is 42.0. The third-order valence-corrected chi connectivity index (χ3v) is 5.20. The molecule has 3 aromatic rings. The van der Waals surface area contributed by atoms with Gasteiger partial charge >= 0.3 is 5.97 Å². The van der Waals surface area contributed by atoms with Crippen LogP contribution in [0.5, 0.6) is 5.75 Å². The molecule has 0 saturated heterocycles. The molecule has 2 aromatic carbocycles. The van der Waals surface area contributed by atoms with Gasteiger partial charge in [0.15, 0.2) is 12.4 Å². The molecule has 1 aliphatic carbocycles. The average Bonchev–Trinajstić information content (AvgIpc) is 3.62. The highest BCUT2D eigenvalue weighted by atomic mass is 16.5. The zero-order chi connectivity index (χ0) is 21.8. The van der Waals surface area contributed by atoms with E-state index in [-0.39, 0.29) is 36.8 Å². The Kier molecular flexibility index (Phi) is 6.11. The SMILES string of the molecule is CCOc1ccc(C(=O)COC(=O)CCc2nc3ccccc3c(=O)n2C2CC2)cc1. The minimum absolute atomic E-state index is 0.0497. The number of rotatable bonds is 9. The number of hydrogen-bond acceptors (Lipinski definition) is 6. The number of carbonyl (C=O) groups excluding carboxylic acids is 2. The van der Waals surface area contributed by atoms with E-state index in [2.05, 4.69) is 4.98 Å². The third-order valence-electron chi connectivity index (χ3n) is 5.20. The van der Waals surface area contributed by atoms with Gasteiger partial charge in [0.05, 0.1) is 23.9 Å². The van der Waals surface area contributed by atoms with Gasteiger partial charge in [-0.05, 0) is 56.2 Å². The van der Waals surface area contributed by atoms with E-state index in [0.717, 1.165) is 12.8 Å². The van der Waals surface area contributed by atoms with Gasteiger partial charge in [-0.2, -0.15) is 0 Å². The highest BCUT2D eigenvalue weighted by Crippen LogP contribution is 2.34. The summed E-state index contributed by atoms with van der Waals surface area (Å²) in [5, 5.41) is 0.585. The number of para-hydroxylation sites is 1. The van der Waals surface area contributed by atoms with Crippen LogP contribution in [0.2, 0.25) is 0 Å². The standard InChI is InChI=1S/C24H24N2O5/c1-2-30-18-11-7-16(8-12-18)21(27)15-31-23(28)14-13-22-25-20-6-4-3-5-19(20)24(29)26(22)17-9-10-17/h3-8,11-12,17H,2,9-10,13-15H2,1H3. The molecule has 1 aliphatic rings. The van der Waals surface area contributed by atoms with Gasteiger partial charge in [-0.3, -0.25) is 19.0 Å². The number of benzene rings is 2. The van der Waals surface area contributed by atoms with E-state index < -0.39 is 5.97 Å². The van der Waals surface area contributed by atoms with Crippen molar-refractivity contribution in [1.82, 2.24) is 9.55 Å². The summed E-state index contributed by atoms with van der Waals surface area (Å²) in [5.74, 6) is 0.487. The minimum Gasteiger partial charge on any atom is -0.494 e. The van der Waals surface area contributed by atoms with Crippen molar-refractivity contribution in [3.63, 3.8) is 0 Å². The van der Waals surface area contributed by atoms with Gasteiger partial charge in [-0.25, -0.2) is 4.98 Å². The summed E-state index contributed by atoms with van der Waals surface area (Å²) in [7, 11) is 0. The lowest BCUT2D eigenvalue weighted by molar-refractivity contribution is -0.142. The van der Waals surface area contributed by atoms with Crippen LogP contribution < -0.4 is 10.3 Å². The van der Waals surface area contributed by atoms with Crippen LogP contribution in [0, 0.1) is 0 Å². The van der Waals surface area contributed by atoms with Crippen LogP contribution >= 0.6 is 0 Å². The number of aromatic nitrogens is 2. The molecular formula is C24H24N2O5. The molecule has 4 rings (SSSR count). The first-order valence-corrected chi connectivity index (χ1v) is 10.5. The van der Waals surface area contributed by atoms with Crippen LogP contribution in [0.15, 0.2) is 53.3 Å². The Morgan fingerprint density at radius 3 is 2.55 bits per heavy atom. The predicted molar refractivity (Wildman–Crippen MR) is 115 cm³/mol. The normalized spacial score (nSPS) is 13.2. The number of esters is 1. The van der Waals surface area contributed by atoms with Crippen LogP contribution in [-0.4, -0.2) is 34.5 Å². The minimum atomic E-state index is -0.496. The molecule has 0 unspecified atom stereocenters. The molecule has 0 bridgehead atoms. The average molecular weight is 420 g/mol. The van der Waals surface area contributed by atoms with Crippen molar-refractivity contribution in [3.8, 4) is 5.75 Å².